The molecule has 1 aliphatic carbocycles. The fourth-order valence-electron chi connectivity index (χ4n) is 2.87. The molecule has 0 heterocycles. The molecule has 3 unspecified atom stereocenters. The van der Waals surface area contributed by atoms with Crippen LogP contribution in [-0.2, 0) is 9.47 Å². The van der Waals surface area contributed by atoms with Crippen molar-refractivity contribution in [1.29, 1.82) is 0 Å². The third-order valence-electron chi connectivity index (χ3n) is 4.09. The zero-order valence-electron chi connectivity index (χ0n) is 13.0. The van der Waals surface area contributed by atoms with Gasteiger partial charge in [0.2, 0.25) is 0 Å². The Kier molecular flexibility index (Phi) is 6.97. The zero-order valence-corrected chi connectivity index (χ0v) is 13.7. The SMILES string of the molecule is CCNCC(OC1CCCC(OC)C1)c1ccc(Cl)cc1. The summed E-state index contributed by atoms with van der Waals surface area (Å²) >= 11 is 5.98. The molecule has 2 rings (SSSR count). The maximum absolute atomic E-state index is 6.37. The molecule has 0 aliphatic heterocycles. The van der Waals surface area contributed by atoms with Gasteiger partial charge in [0.1, 0.15) is 0 Å². The fourth-order valence-corrected chi connectivity index (χ4v) is 3.00. The van der Waals surface area contributed by atoms with Gasteiger partial charge in [-0.15, -0.1) is 0 Å². The minimum absolute atomic E-state index is 0.0721. The Morgan fingerprint density at radius 2 is 1.95 bits per heavy atom. The highest BCUT2D eigenvalue weighted by atomic mass is 35.5. The van der Waals surface area contributed by atoms with E-state index in [0.29, 0.717) is 6.10 Å². The maximum atomic E-state index is 6.37. The van der Waals surface area contributed by atoms with E-state index < -0.39 is 0 Å². The van der Waals surface area contributed by atoms with Crippen LogP contribution in [0.4, 0.5) is 0 Å². The number of hydrogen-bond donors (Lipinski definition) is 1. The summed E-state index contributed by atoms with van der Waals surface area (Å²) in [6.45, 7) is 3.88. The second-order valence-corrected chi connectivity index (χ2v) is 6.07. The van der Waals surface area contributed by atoms with Crippen molar-refractivity contribution >= 4 is 11.6 Å². The number of ether oxygens (including phenoxy) is 2. The van der Waals surface area contributed by atoms with Crippen LogP contribution in [0.1, 0.15) is 44.3 Å². The second-order valence-electron chi connectivity index (χ2n) is 5.63. The smallest absolute Gasteiger partial charge is 0.0952 e. The van der Waals surface area contributed by atoms with Gasteiger partial charge in [-0.1, -0.05) is 30.7 Å². The average Bonchev–Trinajstić information content (AvgIpc) is 2.52. The van der Waals surface area contributed by atoms with Crippen LogP contribution in [0.3, 0.4) is 0 Å². The molecule has 3 nitrogen and oxygen atoms in total. The van der Waals surface area contributed by atoms with Gasteiger partial charge >= 0.3 is 0 Å². The van der Waals surface area contributed by atoms with Gasteiger partial charge in [-0.05, 0) is 49.9 Å². The molecule has 0 radical (unpaired) electrons. The predicted octanol–water partition coefficient (Wildman–Crippen LogP) is 3.96. The molecule has 1 aromatic carbocycles. The Labute approximate surface area is 133 Å². The first-order valence-electron chi connectivity index (χ1n) is 7.87. The minimum Gasteiger partial charge on any atom is -0.381 e. The highest BCUT2D eigenvalue weighted by molar-refractivity contribution is 6.30. The van der Waals surface area contributed by atoms with Crippen LogP contribution in [0.2, 0.25) is 5.02 Å². The van der Waals surface area contributed by atoms with Gasteiger partial charge in [0.25, 0.3) is 0 Å². The standard InChI is InChI=1S/C17H26ClNO2/c1-3-19-12-17(13-7-9-14(18)10-8-13)21-16-6-4-5-15(11-16)20-2/h7-10,15-17,19H,3-6,11-12H2,1-2H3. The third kappa shape index (κ3) is 5.26. The lowest BCUT2D eigenvalue weighted by Gasteiger charge is -2.31. The Morgan fingerprint density at radius 3 is 2.62 bits per heavy atom. The maximum Gasteiger partial charge on any atom is 0.0952 e. The molecule has 1 N–H and O–H groups in total. The van der Waals surface area contributed by atoms with Gasteiger partial charge < -0.3 is 14.8 Å². The molecule has 4 heteroatoms. The molecule has 3 atom stereocenters. The van der Waals surface area contributed by atoms with Crippen molar-refractivity contribution in [3.63, 3.8) is 0 Å². The van der Waals surface area contributed by atoms with Crippen molar-refractivity contribution < 1.29 is 9.47 Å². The first kappa shape index (κ1) is 16.8. The van der Waals surface area contributed by atoms with Gasteiger partial charge in [-0.25, -0.2) is 0 Å². The monoisotopic (exact) mass is 311 g/mol. The number of halogens is 1. The van der Waals surface area contributed by atoms with Gasteiger partial charge in [-0.3, -0.25) is 0 Å². The highest BCUT2D eigenvalue weighted by Crippen LogP contribution is 2.28. The van der Waals surface area contributed by atoms with E-state index in [1.54, 1.807) is 7.11 Å². The van der Waals surface area contributed by atoms with Crippen LogP contribution in [0.5, 0.6) is 0 Å². The molecule has 0 aromatic heterocycles. The summed E-state index contributed by atoms with van der Waals surface area (Å²) in [7, 11) is 1.79. The van der Waals surface area contributed by atoms with Crippen molar-refractivity contribution in [3.05, 3.63) is 34.9 Å². The Morgan fingerprint density at radius 1 is 1.24 bits per heavy atom. The second kappa shape index (κ2) is 8.74. The van der Waals surface area contributed by atoms with Gasteiger partial charge in [0.15, 0.2) is 0 Å². The Balaban J connectivity index is 2.00. The van der Waals surface area contributed by atoms with Crippen molar-refractivity contribution in [2.24, 2.45) is 0 Å². The lowest BCUT2D eigenvalue weighted by molar-refractivity contribution is -0.0655. The summed E-state index contributed by atoms with van der Waals surface area (Å²) < 4.78 is 11.9. The van der Waals surface area contributed by atoms with Crippen LogP contribution >= 0.6 is 11.6 Å². The third-order valence-corrected chi connectivity index (χ3v) is 4.34. The summed E-state index contributed by atoms with van der Waals surface area (Å²) in [5.41, 5.74) is 1.18. The summed E-state index contributed by atoms with van der Waals surface area (Å²) in [6.07, 6.45) is 5.13. The van der Waals surface area contributed by atoms with Crippen LogP contribution in [0, 0.1) is 0 Å². The minimum atomic E-state index is 0.0721. The Bertz CT molecular complexity index is 410. The van der Waals surface area contributed by atoms with Crippen molar-refractivity contribution in [2.75, 3.05) is 20.2 Å². The van der Waals surface area contributed by atoms with E-state index in [9.17, 15) is 0 Å². The normalized spacial score (nSPS) is 24.0. The lowest BCUT2D eigenvalue weighted by atomic mass is 9.94. The van der Waals surface area contributed by atoms with Crippen LogP contribution in [-0.4, -0.2) is 32.4 Å². The molecular formula is C17H26ClNO2. The van der Waals surface area contributed by atoms with E-state index in [1.165, 1.54) is 12.0 Å². The molecular weight excluding hydrogens is 286 g/mol. The molecule has 1 aliphatic rings. The van der Waals surface area contributed by atoms with E-state index >= 15 is 0 Å². The molecule has 21 heavy (non-hydrogen) atoms. The number of nitrogens with one attached hydrogen (secondary N) is 1. The predicted molar refractivity (Wildman–Crippen MR) is 86.9 cm³/mol. The van der Waals surface area contributed by atoms with E-state index in [0.717, 1.165) is 37.4 Å². The van der Waals surface area contributed by atoms with Gasteiger partial charge in [-0.2, -0.15) is 0 Å². The zero-order chi connectivity index (χ0) is 15.1. The Hall–Kier alpha value is -0.610. The van der Waals surface area contributed by atoms with E-state index in [-0.39, 0.29) is 12.2 Å². The molecule has 1 aromatic rings. The quantitative estimate of drug-likeness (QED) is 0.826. The molecule has 0 amide bonds. The topological polar surface area (TPSA) is 30.5 Å². The number of methoxy groups -OCH3 is 1. The molecule has 0 spiro atoms. The molecule has 1 fully saturated rings. The van der Waals surface area contributed by atoms with Crippen LogP contribution < -0.4 is 5.32 Å². The summed E-state index contributed by atoms with van der Waals surface area (Å²) in [4.78, 5) is 0. The molecule has 1 saturated carbocycles. The van der Waals surface area contributed by atoms with Crippen molar-refractivity contribution in [3.8, 4) is 0 Å². The fraction of sp³-hybridized carbons (Fsp3) is 0.647. The van der Waals surface area contributed by atoms with Crippen LogP contribution in [0.15, 0.2) is 24.3 Å². The van der Waals surface area contributed by atoms with E-state index in [1.807, 2.05) is 12.1 Å². The first-order chi connectivity index (χ1) is 10.2. The first-order valence-corrected chi connectivity index (χ1v) is 8.25. The van der Waals surface area contributed by atoms with Crippen molar-refractivity contribution in [2.45, 2.75) is 50.9 Å². The average molecular weight is 312 g/mol. The largest absolute Gasteiger partial charge is 0.381 e. The molecule has 118 valence electrons. The van der Waals surface area contributed by atoms with Crippen LogP contribution in [0.25, 0.3) is 0 Å². The van der Waals surface area contributed by atoms with E-state index in [2.05, 4.69) is 24.4 Å². The number of likely N-dealkylation sites (N-methyl/N-ethyl adjacent to an activating group) is 1. The number of benzene rings is 1. The van der Waals surface area contributed by atoms with E-state index in [4.69, 9.17) is 21.1 Å². The lowest BCUT2D eigenvalue weighted by Crippen LogP contribution is -2.32. The number of hydrogen-bond acceptors (Lipinski definition) is 3. The highest BCUT2D eigenvalue weighted by Gasteiger charge is 2.25. The molecule has 0 bridgehead atoms. The van der Waals surface area contributed by atoms with Crippen molar-refractivity contribution in [1.82, 2.24) is 5.32 Å². The summed E-state index contributed by atoms with van der Waals surface area (Å²) in [5, 5.41) is 4.15. The van der Waals surface area contributed by atoms with Gasteiger partial charge in [0, 0.05) is 18.7 Å². The molecule has 0 saturated heterocycles. The number of rotatable bonds is 7. The van der Waals surface area contributed by atoms with Gasteiger partial charge in [0.05, 0.1) is 18.3 Å². The summed E-state index contributed by atoms with van der Waals surface area (Å²) in [6, 6.07) is 7.97. The summed E-state index contributed by atoms with van der Waals surface area (Å²) in [5.74, 6) is 0.